The quantitative estimate of drug-likeness (QED) is 0.641. The highest BCUT2D eigenvalue weighted by Gasteiger charge is 2.28. The highest BCUT2D eigenvalue weighted by atomic mass is 16.1. The minimum atomic E-state index is 0.0603. The maximum Gasteiger partial charge on any atom is 0.228 e. The van der Waals surface area contributed by atoms with Crippen LogP contribution in [0.5, 0.6) is 0 Å². The molecule has 1 saturated carbocycles. The number of likely N-dealkylation sites (N-methyl/N-ethyl adjacent to an activating group) is 1. The van der Waals surface area contributed by atoms with Crippen molar-refractivity contribution in [2.45, 2.75) is 25.7 Å². The van der Waals surface area contributed by atoms with Crippen molar-refractivity contribution in [1.82, 2.24) is 34.8 Å². The predicted octanol–water partition coefficient (Wildman–Crippen LogP) is 2.42. The first-order valence-electron chi connectivity index (χ1n) is 11.9. The molecule has 0 spiro atoms. The first-order chi connectivity index (χ1) is 16.0. The van der Waals surface area contributed by atoms with E-state index in [9.17, 15) is 4.79 Å². The van der Waals surface area contributed by atoms with Gasteiger partial charge >= 0.3 is 0 Å². The summed E-state index contributed by atoms with van der Waals surface area (Å²) < 4.78 is 1.65. The fourth-order valence-electron chi connectivity index (χ4n) is 4.92. The molecule has 1 N–H and O–H groups in total. The normalized spacial score (nSPS) is 22.5. The van der Waals surface area contributed by atoms with E-state index >= 15 is 0 Å². The number of aryl methyl sites for hydroxylation is 1. The van der Waals surface area contributed by atoms with Gasteiger partial charge in [0.1, 0.15) is 11.5 Å². The highest BCUT2D eigenvalue weighted by Crippen LogP contribution is 2.30. The van der Waals surface area contributed by atoms with Gasteiger partial charge in [0.25, 0.3) is 0 Å². The largest absolute Gasteiger partial charge is 0.310 e. The van der Waals surface area contributed by atoms with Gasteiger partial charge in [-0.15, -0.1) is 5.10 Å². The summed E-state index contributed by atoms with van der Waals surface area (Å²) in [6, 6.07) is 5.71. The molecule has 0 unspecified atom stereocenters. The summed E-state index contributed by atoms with van der Waals surface area (Å²) >= 11 is 0. The Morgan fingerprint density at radius 2 is 1.85 bits per heavy atom. The average molecular weight is 449 g/mol. The van der Waals surface area contributed by atoms with Crippen LogP contribution in [0.4, 0.5) is 5.82 Å². The number of carbonyl (C=O) groups excluding carboxylic acids is 1. The van der Waals surface area contributed by atoms with Gasteiger partial charge in [0.05, 0.1) is 17.4 Å². The van der Waals surface area contributed by atoms with Crippen LogP contribution in [0.2, 0.25) is 0 Å². The van der Waals surface area contributed by atoms with E-state index in [0.717, 1.165) is 74.2 Å². The van der Waals surface area contributed by atoms with Gasteiger partial charge in [-0.3, -0.25) is 9.48 Å². The predicted molar refractivity (Wildman–Crippen MR) is 128 cm³/mol. The van der Waals surface area contributed by atoms with E-state index in [1.165, 1.54) is 6.54 Å². The number of aromatic nitrogens is 5. The van der Waals surface area contributed by atoms with Crippen LogP contribution in [0.3, 0.4) is 0 Å². The lowest BCUT2D eigenvalue weighted by Gasteiger charge is -2.36. The summed E-state index contributed by atoms with van der Waals surface area (Å²) in [5, 5.41) is 12.1. The Morgan fingerprint density at radius 3 is 2.58 bits per heavy atom. The van der Waals surface area contributed by atoms with Crippen LogP contribution in [0.1, 0.15) is 25.7 Å². The van der Waals surface area contributed by atoms with Gasteiger partial charge < -0.3 is 15.1 Å². The second-order valence-corrected chi connectivity index (χ2v) is 9.55. The van der Waals surface area contributed by atoms with Crippen LogP contribution in [0, 0.1) is 11.8 Å². The Kier molecular flexibility index (Phi) is 6.32. The topological polar surface area (TPSA) is 92.1 Å². The molecule has 3 aromatic heterocycles. The lowest BCUT2D eigenvalue weighted by atomic mass is 9.81. The SMILES string of the molecule is CN1CCN(CC2CCC(C(=O)Nc3cc4nc(-c5cn(C)nn5)ccc4cn3)CC2)CC1. The van der Waals surface area contributed by atoms with E-state index in [1.807, 2.05) is 31.4 Å². The molecule has 0 aromatic carbocycles. The van der Waals surface area contributed by atoms with Crippen LogP contribution in [-0.2, 0) is 11.8 Å². The number of nitrogens with one attached hydrogen (secondary N) is 1. The summed E-state index contributed by atoms with van der Waals surface area (Å²) in [6.07, 6.45) is 7.74. The molecular weight excluding hydrogens is 416 g/mol. The fraction of sp³-hybridized carbons (Fsp3) is 0.542. The Balaban J connectivity index is 1.18. The molecule has 1 aliphatic heterocycles. The van der Waals surface area contributed by atoms with Crippen LogP contribution in [0.25, 0.3) is 22.3 Å². The number of nitrogens with zero attached hydrogens (tertiary/aromatic N) is 7. The maximum atomic E-state index is 12.9. The number of amides is 1. The lowest BCUT2D eigenvalue weighted by molar-refractivity contribution is -0.121. The number of piperazine rings is 1. The van der Waals surface area contributed by atoms with Crippen molar-refractivity contribution in [1.29, 1.82) is 0 Å². The number of rotatable bonds is 5. The molecule has 2 aliphatic rings. The van der Waals surface area contributed by atoms with Gasteiger partial charge in [-0.25, -0.2) is 9.97 Å². The van der Waals surface area contributed by atoms with Gasteiger partial charge in [0, 0.05) is 63.3 Å². The van der Waals surface area contributed by atoms with Crippen molar-refractivity contribution in [2.24, 2.45) is 18.9 Å². The van der Waals surface area contributed by atoms with Crippen molar-refractivity contribution in [3.05, 3.63) is 30.6 Å². The molecule has 1 amide bonds. The van der Waals surface area contributed by atoms with E-state index in [1.54, 1.807) is 10.9 Å². The lowest BCUT2D eigenvalue weighted by Crippen LogP contribution is -2.46. The molecule has 1 aliphatic carbocycles. The van der Waals surface area contributed by atoms with Crippen molar-refractivity contribution in [3.63, 3.8) is 0 Å². The Hall–Kier alpha value is -2.91. The smallest absolute Gasteiger partial charge is 0.228 e. The molecule has 33 heavy (non-hydrogen) atoms. The minimum absolute atomic E-state index is 0.0603. The van der Waals surface area contributed by atoms with Gasteiger partial charge in [-0.1, -0.05) is 5.21 Å². The van der Waals surface area contributed by atoms with Crippen LogP contribution in [-0.4, -0.2) is 80.4 Å². The van der Waals surface area contributed by atoms with Crippen molar-refractivity contribution < 1.29 is 4.79 Å². The average Bonchev–Trinajstić information content (AvgIpc) is 3.27. The number of hydrogen-bond acceptors (Lipinski definition) is 7. The highest BCUT2D eigenvalue weighted by molar-refractivity contribution is 5.93. The van der Waals surface area contributed by atoms with Gasteiger partial charge in [-0.2, -0.15) is 0 Å². The number of anilines is 1. The first kappa shape index (κ1) is 21.9. The Bertz CT molecular complexity index is 1110. The minimum Gasteiger partial charge on any atom is -0.310 e. The first-order valence-corrected chi connectivity index (χ1v) is 11.9. The second kappa shape index (κ2) is 9.52. The van der Waals surface area contributed by atoms with Gasteiger partial charge in [-0.05, 0) is 50.8 Å². The molecule has 3 aromatic rings. The summed E-state index contributed by atoms with van der Waals surface area (Å²) in [6.45, 7) is 5.82. The van der Waals surface area contributed by atoms with Crippen molar-refractivity contribution in [3.8, 4) is 11.4 Å². The monoisotopic (exact) mass is 448 g/mol. The molecule has 0 radical (unpaired) electrons. The molecule has 9 nitrogen and oxygen atoms in total. The Morgan fingerprint density at radius 1 is 1.06 bits per heavy atom. The molecule has 174 valence electrons. The molecular formula is C24H32N8O. The van der Waals surface area contributed by atoms with Crippen LogP contribution in [0.15, 0.2) is 30.6 Å². The molecule has 0 bridgehead atoms. The van der Waals surface area contributed by atoms with Crippen molar-refractivity contribution >= 4 is 22.6 Å². The summed E-state index contributed by atoms with van der Waals surface area (Å²) in [7, 11) is 4.02. The van der Waals surface area contributed by atoms with E-state index in [2.05, 4.69) is 37.5 Å². The zero-order valence-corrected chi connectivity index (χ0v) is 19.4. The number of fused-ring (bicyclic) bond motifs is 1. The van der Waals surface area contributed by atoms with Crippen LogP contribution < -0.4 is 5.32 Å². The molecule has 5 rings (SSSR count). The van der Waals surface area contributed by atoms with Crippen molar-refractivity contribution in [2.75, 3.05) is 45.1 Å². The van der Waals surface area contributed by atoms with Gasteiger partial charge in [0.2, 0.25) is 5.91 Å². The summed E-state index contributed by atoms with van der Waals surface area (Å²) in [4.78, 5) is 27.0. The molecule has 2 fully saturated rings. The zero-order valence-electron chi connectivity index (χ0n) is 19.4. The number of hydrogen-bond donors (Lipinski definition) is 1. The third kappa shape index (κ3) is 5.20. The molecule has 4 heterocycles. The molecule has 9 heteroatoms. The standard InChI is InChI=1S/C24H32N8O/c1-30-9-11-32(12-10-30)15-17-3-5-18(6-4-17)24(33)27-23-13-21-19(14-25-23)7-8-20(26-21)22-16-31(2)29-28-22/h7-8,13-14,16-18H,3-6,9-12,15H2,1-2H3,(H,25,27,33). The summed E-state index contributed by atoms with van der Waals surface area (Å²) in [5.41, 5.74) is 2.24. The van der Waals surface area contributed by atoms with E-state index in [4.69, 9.17) is 4.98 Å². The fourth-order valence-corrected chi connectivity index (χ4v) is 4.92. The third-order valence-electron chi connectivity index (χ3n) is 7.02. The number of pyridine rings is 2. The van der Waals surface area contributed by atoms with E-state index < -0.39 is 0 Å². The van der Waals surface area contributed by atoms with Gasteiger partial charge in [0.15, 0.2) is 0 Å². The number of carbonyl (C=O) groups is 1. The Labute approximate surface area is 194 Å². The summed E-state index contributed by atoms with van der Waals surface area (Å²) in [5.74, 6) is 1.39. The third-order valence-corrected chi connectivity index (χ3v) is 7.02. The van der Waals surface area contributed by atoms with E-state index in [-0.39, 0.29) is 11.8 Å². The second-order valence-electron chi connectivity index (χ2n) is 9.55. The maximum absolute atomic E-state index is 12.9. The van der Waals surface area contributed by atoms with Crippen LogP contribution >= 0.6 is 0 Å². The molecule has 1 saturated heterocycles. The van der Waals surface area contributed by atoms with E-state index in [0.29, 0.717) is 11.7 Å². The molecule has 0 atom stereocenters. The zero-order chi connectivity index (χ0) is 22.8.